The van der Waals surface area contributed by atoms with Gasteiger partial charge < -0.3 is 14.2 Å². The smallest absolute Gasteiger partial charge is 0.303 e. The van der Waals surface area contributed by atoms with Crippen molar-refractivity contribution in [3.8, 4) is 0 Å². The van der Waals surface area contributed by atoms with Crippen molar-refractivity contribution in [3.63, 3.8) is 0 Å². The lowest BCUT2D eigenvalue weighted by molar-refractivity contribution is -0.216. The molecule has 104 valence electrons. The van der Waals surface area contributed by atoms with Gasteiger partial charge in [0.25, 0.3) is 0 Å². The van der Waals surface area contributed by atoms with E-state index in [0.717, 1.165) is 12.8 Å². The topological polar surface area (TPSA) is 65.1 Å². The van der Waals surface area contributed by atoms with Gasteiger partial charge in [-0.3, -0.25) is 9.59 Å². The minimum absolute atomic E-state index is 0.0128. The number of epoxide rings is 1. The Hall–Kier alpha value is -1.36. The van der Waals surface area contributed by atoms with Crippen LogP contribution in [0.15, 0.2) is 12.2 Å². The minimum Gasteiger partial charge on any atom is -0.452 e. The zero-order chi connectivity index (χ0) is 13.7. The van der Waals surface area contributed by atoms with Crippen LogP contribution in [0.1, 0.15) is 39.5 Å². The summed E-state index contributed by atoms with van der Waals surface area (Å²) < 4.78 is 16.9. The van der Waals surface area contributed by atoms with Gasteiger partial charge in [-0.1, -0.05) is 6.08 Å². The number of fused-ring (bicyclic) bond motifs is 3. The van der Waals surface area contributed by atoms with Crippen molar-refractivity contribution in [3.05, 3.63) is 12.2 Å². The number of esters is 2. The molecule has 19 heavy (non-hydrogen) atoms. The molecule has 0 unspecified atom stereocenters. The standard InChI is InChI=1S/C14H18O5/c1-9(15)18-13-6-3-4-7-14(13,19-10(2)16)12-11(17-12)5-8-13/h5,8,11-12H,3-4,6-7H2,1-2H3/t11-,12-,13+,14+/m0/s1. The summed E-state index contributed by atoms with van der Waals surface area (Å²) in [5.74, 6) is -0.717. The fraction of sp³-hybridized carbons (Fsp3) is 0.714. The second kappa shape index (κ2) is 4.07. The first-order chi connectivity index (χ1) is 8.99. The molecular weight excluding hydrogens is 248 g/mol. The lowest BCUT2D eigenvalue weighted by atomic mass is 9.66. The van der Waals surface area contributed by atoms with Crippen LogP contribution in [0, 0.1) is 0 Å². The van der Waals surface area contributed by atoms with Gasteiger partial charge in [0.1, 0.15) is 12.2 Å². The summed E-state index contributed by atoms with van der Waals surface area (Å²) >= 11 is 0. The van der Waals surface area contributed by atoms with Gasteiger partial charge in [0.15, 0.2) is 11.2 Å². The van der Waals surface area contributed by atoms with Crippen molar-refractivity contribution in [1.82, 2.24) is 0 Å². The van der Waals surface area contributed by atoms with E-state index in [-0.39, 0.29) is 24.1 Å². The van der Waals surface area contributed by atoms with Crippen molar-refractivity contribution in [1.29, 1.82) is 0 Å². The Bertz CT molecular complexity index is 457. The molecule has 0 aromatic rings. The Morgan fingerprint density at radius 3 is 2.53 bits per heavy atom. The highest BCUT2D eigenvalue weighted by atomic mass is 16.7. The Morgan fingerprint density at radius 2 is 1.84 bits per heavy atom. The maximum Gasteiger partial charge on any atom is 0.303 e. The molecule has 0 spiro atoms. The zero-order valence-electron chi connectivity index (χ0n) is 11.2. The fourth-order valence-electron chi connectivity index (χ4n) is 3.58. The molecule has 0 radical (unpaired) electrons. The first kappa shape index (κ1) is 12.7. The van der Waals surface area contributed by atoms with E-state index in [2.05, 4.69) is 0 Å². The van der Waals surface area contributed by atoms with Crippen LogP contribution in [-0.2, 0) is 23.8 Å². The molecule has 0 N–H and O–H groups in total. The van der Waals surface area contributed by atoms with Gasteiger partial charge in [-0.25, -0.2) is 0 Å². The van der Waals surface area contributed by atoms with Gasteiger partial charge in [0, 0.05) is 13.8 Å². The summed E-state index contributed by atoms with van der Waals surface area (Å²) in [6, 6.07) is 0. The maximum atomic E-state index is 11.5. The number of ether oxygens (including phenoxy) is 3. The molecule has 2 aliphatic carbocycles. The van der Waals surface area contributed by atoms with Crippen molar-refractivity contribution in [2.75, 3.05) is 0 Å². The monoisotopic (exact) mass is 266 g/mol. The molecule has 3 rings (SSSR count). The second-order valence-corrected chi connectivity index (χ2v) is 5.55. The van der Waals surface area contributed by atoms with Crippen LogP contribution in [0.25, 0.3) is 0 Å². The summed E-state index contributed by atoms with van der Waals surface area (Å²) in [5.41, 5.74) is -1.71. The van der Waals surface area contributed by atoms with E-state index >= 15 is 0 Å². The average molecular weight is 266 g/mol. The van der Waals surface area contributed by atoms with Crippen molar-refractivity contribution < 1.29 is 23.8 Å². The van der Waals surface area contributed by atoms with E-state index < -0.39 is 11.2 Å². The first-order valence-electron chi connectivity index (χ1n) is 6.73. The van der Waals surface area contributed by atoms with Gasteiger partial charge in [0.05, 0.1) is 0 Å². The lowest BCUT2D eigenvalue weighted by Crippen LogP contribution is -2.64. The fourth-order valence-corrected chi connectivity index (χ4v) is 3.58. The van der Waals surface area contributed by atoms with Crippen molar-refractivity contribution in [2.45, 2.75) is 62.9 Å². The van der Waals surface area contributed by atoms with Gasteiger partial charge in [-0.15, -0.1) is 0 Å². The lowest BCUT2D eigenvalue weighted by Gasteiger charge is -2.50. The third kappa shape index (κ3) is 1.79. The molecule has 1 saturated carbocycles. The molecule has 3 aliphatic rings. The molecule has 5 heteroatoms. The van der Waals surface area contributed by atoms with Gasteiger partial charge in [-0.2, -0.15) is 0 Å². The highest BCUT2D eigenvalue weighted by Crippen LogP contribution is 2.55. The maximum absolute atomic E-state index is 11.5. The summed E-state index contributed by atoms with van der Waals surface area (Å²) in [5, 5.41) is 0. The summed E-state index contributed by atoms with van der Waals surface area (Å²) in [4.78, 5) is 23.0. The van der Waals surface area contributed by atoms with Crippen LogP contribution >= 0.6 is 0 Å². The Balaban J connectivity index is 2.03. The molecule has 1 saturated heterocycles. The van der Waals surface area contributed by atoms with Crippen LogP contribution in [0.5, 0.6) is 0 Å². The highest BCUT2D eigenvalue weighted by Gasteiger charge is 2.70. The van der Waals surface area contributed by atoms with Crippen molar-refractivity contribution in [2.24, 2.45) is 0 Å². The summed E-state index contributed by atoms with van der Waals surface area (Å²) in [6.07, 6.45) is 6.82. The average Bonchev–Trinajstić information content (AvgIpc) is 3.08. The minimum atomic E-state index is -0.861. The third-order valence-corrected chi connectivity index (χ3v) is 4.25. The second-order valence-electron chi connectivity index (χ2n) is 5.55. The number of hydrogen-bond acceptors (Lipinski definition) is 5. The Morgan fingerprint density at radius 1 is 1.16 bits per heavy atom. The van der Waals surface area contributed by atoms with Crippen LogP contribution < -0.4 is 0 Å². The van der Waals surface area contributed by atoms with Crippen LogP contribution in [0.2, 0.25) is 0 Å². The predicted octanol–water partition coefficient (Wildman–Crippen LogP) is 1.50. The van der Waals surface area contributed by atoms with E-state index in [0.29, 0.717) is 12.8 Å². The summed E-state index contributed by atoms with van der Waals surface area (Å²) in [7, 11) is 0. The van der Waals surface area contributed by atoms with Crippen LogP contribution in [-0.4, -0.2) is 35.3 Å². The van der Waals surface area contributed by atoms with E-state index in [1.807, 2.05) is 12.2 Å². The number of carbonyl (C=O) groups excluding carboxylic acids is 2. The van der Waals surface area contributed by atoms with E-state index in [9.17, 15) is 9.59 Å². The quantitative estimate of drug-likeness (QED) is 0.430. The molecular formula is C14H18O5. The normalized spacial score (nSPS) is 42.8. The van der Waals surface area contributed by atoms with Crippen molar-refractivity contribution >= 4 is 11.9 Å². The van der Waals surface area contributed by atoms with Crippen LogP contribution in [0.4, 0.5) is 0 Å². The number of carbonyl (C=O) groups is 2. The molecule has 0 aromatic carbocycles. The first-order valence-corrected chi connectivity index (χ1v) is 6.73. The highest BCUT2D eigenvalue weighted by molar-refractivity contribution is 5.69. The van der Waals surface area contributed by atoms with E-state index in [1.165, 1.54) is 13.8 Å². The molecule has 1 heterocycles. The van der Waals surface area contributed by atoms with E-state index in [1.54, 1.807) is 0 Å². The number of hydrogen-bond donors (Lipinski definition) is 0. The molecule has 4 atom stereocenters. The molecule has 0 amide bonds. The molecule has 0 bridgehead atoms. The van der Waals surface area contributed by atoms with Gasteiger partial charge in [-0.05, 0) is 31.8 Å². The SMILES string of the molecule is CC(=O)O[C@]12C=C[C@@H]3O[C@@H]3[C@]1(OC(C)=O)CCCC2. The molecule has 5 nitrogen and oxygen atoms in total. The third-order valence-electron chi connectivity index (χ3n) is 4.25. The predicted molar refractivity (Wildman–Crippen MR) is 65.3 cm³/mol. The largest absolute Gasteiger partial charge is 0.452 e. The molecule has 0 aromatic heterocycles. The number of rotatable bonds is 2. The molecule has 2 fully saturated rings. The molecule has 1 aliphatic heterocycles. The summed E-state index contributed by atoms with van der Waals surface area (Å²) in [6.45, 7) is 2.77. The van der Waals surface area contributed by atoms with Gasteiger partial charge >= 0.3 is 11.9 Å². The Labute approximate surface area is 111 Å². The Kier molecular flexibility index (Phi) is 2.71. The van der Waals surface area contributed by atoms with Crippen LogP contribution in [0.3, 0.4) is 0 Å². The van der Waals surface area contributed by atoms with E-state index in [4.69, 9.17) is 14.2 Å². The zero-order valence-corrected chi connectivity index (χ0v) is 11.2. The van der Waals surface area contributed by atoms with Gasteiger partial charge in [0.2, 0.25) is 0 Å².